The van der Waals surface area contributed by atoms with Gasteiger partial charge in [0, 0.05) is 12.6 Å². The van der Waals surface area contributed by atoms with E-state index in [0.29, 0.717) is 18.8 Å². The van der Waals surface area contributed by atoms with Crippen LogP contribution in [-0.4, -0.2) is 34.4 Å². The van der Waals surface area contributed by atoms with Gasteiger partial charge in [-0.25, -0.2) is 14.8 Å². The Bertz CT molecular complexity index is 700. The van der Waals surface area contributed by atoms with Gasteiger partial charge in [0.05, 0.1) is 12.3 Å². The summed E-state index contributed by atoms with van der Waals surface area (Å²) in [5, 5.41) is 9.47. The highest BCUT2D eigenvalue weighted by molar-refractivity contribution is 6.01. The molecule has 0 aliphatic carbocycles. The Balaban J connectivity index is 1.46. The molecule has 0 saturated carbocycles. The van der Waals surface area contributed by atoms with Crippen LogP contribution in [0, 0.1) is 6.92 Å². The van der Waals surface area contributed by atoms with E-state index in [1.54, 1.807) is 12.3 Å². The molecule has 0 spiro atoms. The van der Waals surface area contributed by atoms with Gasteiger partial charge in [-0.1, -0.05) is 35.0 Å². The molecule has 0 bridgehead atoms. The van der Waals surface area contributed by atoms with Crippen molar-refractivity contribution in [2.45, 2.75) is 19.4 Å². The number of oxime groups is 1. The number of rotatable bonds is 4. The average Bonchev–Trinajstić information content (AvgIpc) is 3.04. The van der Waals surface area contributed by atoms with Crippen LogP contribution < -0.4 is 10.6 Å². The summed E-state index contributed by atoms with van der Waals surface area (Å²) < 4.78 is 0. The normalized spacial score (nSPS) is 16.4. The lowest BCUT2D eigenvalue weighted by atomic mass is 10.0. The van der Waals surface area contributed by atoms with Gasteiger partial charge < -0.3 is 10.2 Å². The van der Waals surface area contributed by atoms with E-state index in [-0.39, 0.29) is 12.1 Å². The molecule has 1 unspecified atom stereocenters. The first-order chi connectivity index (χ1) is 11.2. The maximum atomic E-state index is 11.8. The molecule has 7 nitrogen and oxygen atoms in total. The van der Waals surface area contributed by atoms with Gasteiger partial charge in [0.25, 0.3) is 0 Å². The predicted molar refractivity (Wildman–Crippen MR) is 86.3 cm³/mol. The zero-order valence-electron chi connectivity index (χ0n) is 12.7. The summed E-state index contributed by atoms with van der Waals surface area (Å²) in [4.78, 5) is 24.9. The van der Waals surface area contributed by atoms with E-state index in [0.717, 1.165) is 11.3 Å². The van der Waals surface area contributed by atoms with Crippen molar-refractivity contribution in [1.29, 1.82) is 0 Å². The van der Waals surface area contributed by atoms with Crippen molar-refractivity contribution in [3.05, 3.63) is 54.0 Å². The van der Waals surface area contributed by atoms with Crippen LogP contribution in [0.1, 0.15) is 17.5 Å². The third-order valence-corrected chi connectivity index (χ3v) is 3.43. The van der Waals surface area contributed by atoms with Crippen molar-refractivity contribution < 1.29 is 9.63 Å². The summed E-state index contributed by atoms with van der Waals surface area (Å²) >= 11 is 0. The van der Waals surface area contributed by atoms with E-state index in [2.05, 4.69) is 25.8 Å². The molecule has 2 aromatic rings. The maximum Gasteiger partial charge on any atom is 0.320 e. The molecule has 0 saturated heterocycles. The second-order valence-corrected chi connectivity index (χ2v) is 5.27. The molecule has 2 amide bonds. The van der Waals surface area contributed by atoms with Gasteiger partial charge >= 0.3 is 6.03 Å². The topological polar surface area (TPSA) is 88.5 Å². The van der Waals surface area contributed by atoms with E-state index < -0.39 is 0 Å². The fourth-order valence-corrected chi connectivity index (χ4v) is 2.19. The first kappa shape index (κ1) is 15.0. The summed E-state index contributed by atoms with van der Waals surface area (Å²) in [7, 11) is 0. The minimum absolute atomic E-state index is 0.164. The van der Waals surface area contributed by atoms with Crippen LogP contribution >= 0.6 is 0 Å². The number of aryl methyl sites for hydroxylation is 1. The second kappa shape index (κ2) is 6.87. The molecule has 23 heavy (non-hydrogen) atoms. The fraction of sp³-hybridized carbons (Fsp3) is 0.250. The molecule has 1 aromatic carbocycles. The van der Waals surface area contributed by atoms with Crippen LogP contribution in [0.2, 0.25) is 0 Å². The van der Waals surface area contributed by atoms with Gasteiger partial charge in [0.2, 0.25) is 0 Å². The quantitative estimate of drug-likeness (QED) is 0.905. The Morgan fingerprint density at radius 3 is 2.87 bits per heavy atom. The Labute approximate surface area is 133 Å². The molecule has 1 atom stereocenters. The van der Waals surface area contributed by atoms with Gasteiger partial charge in [-0.3, -0.25) is 5.32 Å². The average molecular weight is 311 g/mol. The fourth-order valence-electron chi connectivity index (χ4n) is 2.19. The number of anilines is 1. The Hall–Kier alpha value is -2.96. The smallest absolute Gasteiger partial charge is 0.320 e. The first-order valence-corrected chi connectivity index (χ1v) is 7.31. The lowest BCUT2D eigenvalue weighted by Gasteiger charge is -2.10. The summed E-state index contributed by atoms with van der Waals surface area (Å²) in [6, 6.07) is 9.40. The lowest BCUT2D eigenvalue weighted by molar-refractivity contribution is 0.0870. The van der Waals surface area contributed by atoms with Crippen LogP contribution in [0.25, 0.3) is 0 Å². The van der Waals surface area contributed by atoms with Crippen molar-refractivity contribution >= 4 is 17.6 Å². The molecule has 2 N–H and O–H groups in total. The standard InChI is InChI=1S/C16H17N5O2/c1-11-2-4-12(5-3-11)14-8-13(23-21-14)9-18-16(22)20-15-6-7-17-10-19-15/h2-7,10,13H,8-9H2,1H3,(H2,17,18,19,20,22). The number of aromatic nitrogens is 2. The first-order valence-electron chi connectivity index (χ1n) is 7.31. The van der Waals surface area contributed by atoms with E-state index in [1.165, 1.54) is 11.9 Å². The largest absolute Gasteiger partial charge is 0.390 e. The van der Waals surface area contributed by atoms with Crippen LogP contribution in [0.15, 0.2) is 48.0 Å². The number of carbonyl (C=O) groups excluding carboxylic acids is 1. The molecule has 1 aliphatic rings. The van der Waals surface area contributed by atoms with E-state index in [1.807, 2.05) is 31.2 Å². The van der Waals surface area contributed by atoms with Crippen molar-refractivity contribution in [3.8, 4) is 0 Å². The molecule has 2 heterocycles. The van der Waals surface area contributed by atoms with Crippen LogP contribution in [-0.2, 0) is 4.84 Å². The summed E-state index contributed by atoms with van der Waals surface area (Å²) in [6.07, 6.45) is 3.43. The van der Waals surface area contributed by atoms with Crippen molar-refractivity contribution in [2.75, 3.05) is 11.9 Å². The molecule has 0 fully saturated rings. The maximum absolute atomic E-state index is 11.8. The Morgan fingerprint density at radius 2 is 2.13 bits per heavy atom. The minimum Gasteiger partial charge on any atom is -0.390 e. The van der Waals surface area contributed by atoms with Crippen molar-refractivity contribution in [1.82, 2.24) is 15.3 Å². The third kappa shape index (κ3) is 4.03. The van der Waals surface area contributed by atoms with E-state index in [9.17, 15) is 4.79 Å². The second-order valence-electron chi connectivity index (χ2n) is 5.27. The zero-order chi connectivity index (χ0) is 16.1. The number of urea groups is 1. The summed E-state index contributed by atoms with van der Waals surface area (Å²) in [6.45, 7) is 2.41. The predicted octanol–water partition coefficient (Wildman–Crippen LogP) is 2.10. The van der Waals surface area contributed by atoms with E-state index in [4.69, 9.17) is 4.84 Å². The van der Waals surface area contributed by atoms with Crippen LogP contribution in [0.3, 0.4) is 0 Å². The van der Waals surface area contributed by atoms with Crippen molar-refractivity contribution in [2.24, 2.45) is 5.16 Å². The number of amides is 2. The molecule has 3 rings (SSSR count). The van der Waals surface area contributed by atoms with Crippen molar-refractivity contribution in [3.63, 3.8) is 0 Å². The number of carbonyl (C=O) groups is 1. The molecular formula is C16H17N5O2. The van der Waals surface area contributed by atoms with Crippen LogP contribution in [0.4, 0.5) is 10.6 Å². The van der Waals surface area contributed by atoms with Gasteiger partial charge in [-0.2, -0.15) is 0 Å². The zero-order valence-corrected chi connectivity index (χ0v) is 12.7. The number of nitrogens with zero attached hydrogens (tertiary/aromatic N) is 3. The number of benzene rings is 1. The van der Waals surface area contributed by atoms with Crippen LogP contribution in [0.5, 0.6) is 0 Å². The van der Waals surface area contributed by atoms with Gasteiger partial charge in [-0.05, 0) is 18.6 Å². The number of hydrogen-bond donors (Lipinski definition) is 2. The molecule has 0 radical (unpaired) electrons. The minimum atomic E-state index is -0.337. The lowest BCUT2D eigenvalue weighted by Crippen LogP contribution is -2.35. The summed E-state index contributed by atoms with van der Waals surface area (Å²) in [5.74, 6) is 0.446. The van der Waals surface area contributed by atoms with Gasteiger partial charge in [-0.15, -0.1) is 0 Å². The Kier molecular flexibility index (Phi) is 4.46. The molecule has 118 valence electrons. The molecular weight excluding hydrogens is 294 g/mol. The monoisotopic (exact) mass is 311 g/mol. The molecule has 1 aliphatic heterocycles. The highest BCUT2D eigenvalue weighted by Crippen LogP contribution is 2.16. The van der Waals surface area contributed by atoms with E-state index >= 15 is 0 Å². The molecule has 1 aromatic heterocycles. The van der Waals surface area contributed by atoms with Gasteiger partial charge in [0.15, 0.2) is 6.10 Å². The third-order valence-electron chi connectivity index (χ3n) is 3.43. The number of hydrogen-bond acceptors (Lipinski definition) is 5. The Morgan fingerprint density at radius 1 is 1.30 bits per heavy atom. The van der Waals surface area contributed by atoms with Gasteiger partial charge in [0.1, 0.15) is 12.1 Å². The highest BCUT2D eigenvalue weighted by Gasteiger charge is 2.22. The highest BCUT2D eigenvalue weighted by atomic mass is 16.6. The molecule has 7 heteroatoms. The SMILES string of the molecule is Cc1ccc(C2=NOC(CNC(=O)Nc3ccncn3)C2)cc1. The number of nitrogens with one attached hydrogen (secondary N) is 2. The summed E-state index contributed by atoms with van der Waals surface area (Å²) in [5.41, 5.74) is 3.14.